The Labute approximate surface area is 165 Å². The van der Waals surface area contributed by atoms with Crippen molar-refractivity contribution in [3.8, 4) is 5.75 Å². The van der Waals surface area contributed by atoms with E-state index in [1.807, 2.05) is 6.92 Å². The number of para-hydroxylation sites is 2. The summed E-state index contributed by atoms with van der Waals surface area (Å²) in [5.41, 5.74) is 0.792. The van der Waals surface area contributed by atoms with Crippen LogP contribution in [-0.2, 0) is 0 Å². The number of hydrogen-bond donors (Lipinski definition) is 2. The summed E-state index contributed by atoms with van der Waals surface area (Å²) >= 11 is 0. The van der Waals surface area contributed by atoms with E-state index in [-0.39, 0.29) is 16.8 Å². The van der Waals surface area contributed by atoms with E-state index in [1.165, 1.54) is 24.5 Å². The zero-order chi connectivity index (χ0) is 20.8. The first-order valence-corrected chi connectivity index (χ1v) is 8.72. The van der Waals surface area contributed by atoms with Crippen molar-refractivity contribution >= 4 is 23.2 Å². The standard InChI is InChI=1S/C21H17F2N3O3/c1-2-29-19-6-4-3-5-18(19)26-21(28)14-9-13(11-24-12-14)20(27)25-15-7-8-16(22)17(23)10-15/h3-12H,2H2,1H3,(H,25,27)(H,26,28). The molecule has 0 aliphatic heterocycles. The van der Waals surface area contributed by atoms with Gasteiger partial charge in [-0.2, -0.15) is 0 Å². The van der Waals surface area contributed by atoms with Crippen LogP contribution in [0, 0.1) is 11.6 Å². The number of rotatable bonds is 6. The van der Waals surface area contributed by atoms with Crippen LogP contribution in [0.2, 0.25) is 0 Å². The molecule has 0 aliphatic rings. The van der Waals surface area contributed by atoms with Crippen molar-refractivity contribution in [1.29, 1.82) is 0 Å². The van der Waals surface area contributed by atoms with Gasteiger partial charge in [0.25, 0.3) is 11.8 Å². The van der Waals surface area contributed by atoms with Gasteiger partial charge in [-0.1, -0.05) is 12.1 Å². The number of pyridine rings is 1. The van der Waals surface area contributed by atoms with Crippen LogP contribution in [-0.4, -0.2) is 23.4 Å². The Morgan fingerprint density at radius 3 is 2.31 bits per heavy atom. The number of hydrogen-bond acceptors (Lipinski definition) is 4. The molecule has 1 heterocycles. The maximum absolute atomic E-state index is 13.3. The summed E-state index contributed by atoms with van der Waals surface area (Å²) in [5.74, 6) is -2.68. The average molecular weight is 397 g/mol. The highest BCUT2D eigenvalue weighted by atomic mass is 19.2. The molecule has 0 unspecified atom stereocenters. The van der Waals surface area contributed by atoms with Crippen molar-refractivity contribution in [3.05, 3.63) is 83.7 Å². The number of nitrogens with one attached hydrogen (secondary N) is 2. The van der Waals surface area contributed by atoms with Crippen molar-refractivity contribution in [2.45, 2.75) is 6.92 Å². The second-order valence-electron chi connectivity index (χ2n) is 5.93. The van der Waals surface area contributed by atoms with E-state index in [9.17, 15) is 18.4 Å². The molecular weight excluding hydrogens is 380 g/mol. The zero-order valence-electron chi connectivity index (χ0n) is 15.4. The van der Waals surface area contributed by atoms with Crippen LogP contribution >= 0.6 is 0 Å². The van der Waals surface area contributed by atoms with Crippen LogP contribution in [0.15, 0.2) is 60.9 Å². The minimum absolute atomic E-state index is 0.0781. The molecule has 3 rings (SSSR count). The lowest BCUT2D eigenvalue weighted by Gasteiger charge is -2.11. The van der Waals surface area contributed by atoms with E-state index in [1.54, 1.807) is 24.3 Å². The van der Waals surface area contributed by atoms with E-state index in [0.717, 1.165) is 12.1 Å². The molecule has 2 amide bonds. The summed E-state index contributed by atoms with van der Waals surface area (Å²) in [6.07, 6.45) is 2.58. The number of anilines is 2. The Bertz CT molecular complexity index is 1060. The predicted molar refractivity (Wildman–Crippen MR) is 104 cm³/mol. The SMILES string of the molecule is CCOc1ccccc1NC(=O)c1cncc(C(=O)Nc2ccc(F)c(F)c2)c1. The smallest absolute Gasteiger partial charge is 0.257 e. The first-order chi connectivity index (χ1) is 14.0. The largest absolute Gasteiger partial charge is 0.492 e. The monoisotopic (exact) mass is 397 g/mol. The molecule has 0 aliphatic carbocycles. The normalized spacial score (nSPS) is 10.3. The van der Waals surface area contributed by atoms with Gasteiger partial charge in [-0.05, 0) is 37.3 Å². The van der Waals surface area contributed by atoms with Crippen molar-refractivity contribution < 1.29 is 23.1 Å². The van der Waals surface area contributed by atoms with E-state index in [4.69, 9.17) is 4.74 Å². The van der Waals surface area contributed by atoms with Crippen molar-refractivity contribution in [3.63, 3.8) is 0 Å². The van der Waals surface area contributed by atoms with Crippen LogP contribution in [0.3, 0.4) is 0 Å². The maximum Gasteiger partial charge on any atom is 0.257 e. The summed E-state index contributed by atoms with van der Waals surface area (Å²) in [6.45, 7) is 2.27. The summed E-state index contributed by atoms with van der Waals surface area (Å²) in [7, 11) is 0. The Hall–Kier alpha value is -3.81. The molecule has 0 atom stereocenters. The molecule has 0 fully saturated rings. The fourth-order valence-electron chi connectivity index (χ4n) is 2.51. The number of nitrogens with zero attached hydrogens (tertiary/aromatic N) is 1. The zero-order valence-corrected chi connectivity index (χ0v) is 15.4. The van der Waals surface area contributed by atoms with Crippen LogP contribution in [0.1, 0.15) is 27.6 Å². The van der Waals surface area contributed by atoms with E-state index < -0.39 is 23.4 Å². The van der Waals surface area contributed by atoms with Gasteiger partial charge in [-0.3, -0.25) is 14.6 Å². The summed E-state index contributed by atoms with van der Waals surface area (Å²) in [4.78, 5) is 28.8. The van der Waals surface area contributed by atoms with Crippen LogP contribution in [0.4, 0.5) is 20.2 Å². The van der Waals surface area contributed by atoms with Gasteiger partial charge in [0, 0.05) is 24.1 Å². The predicted octanol–water partition coefficient (Wildman–Crippen LogP) is 4.26. The Morgan fingerprint density at radius 1 is 0.931 bits per heavy atom. The highest BCUT2D eigenvalue weighted by Gasteiger charge is 2.14. The van der Waals surface area contributed by atoms with Crippen molar-refractivity contribution in [2.24, 2.45) is 0 Å². The van der Waals surface area contributed by atoms with E-state index in [2.05, 4.69) is 15.6 Å². The molecule has 148 valence electrons. The fourth-order valence-corrected chi connectivity index (χ4v) is 2.51. The van der Waals surface area contributed by atoms with Gasteiger partial charge < -0.3 is 15.4 Å². The maximum atomic E-state index is 13.3. The van der Waals surface area contributed by atoms with Crippen LogP contribution < -0.4 is 15.4 Å². The molecule has 0 radical (unpaired) electrons. The van der Waals surface area contributed by atoms with Crippen LogP contribution in [0.5, 0.6) is 5.75 Å². The number of aromatic nitrogens is 1. The number of amides is 2. The van der Waals surface area contributed by atoms with E-state index >= 15 is 0 Å². The number of benzene rings is 2. The van der Waals surface area contributed by atoms with E-state index in [0.29, 0.717) is 18.0 Å². The molecular formula is C21H17F2N3O3. The Balaban J connectivity index is 1.75. The lowest BCUT2D eigenvalue weighted by molar-refractivity contribution is 0.102. The topological polar surface area (TPSA) is 80.3 Å². The van der Waals surface area contributed by atoms with Gasteiger partial charge in [0.1, 0.15) is 5.75 Å². The second-order valence-corrected chi connectivity index (χ2v) is 5.93. The molecule has 6 nitrogen and oxygen atoms in total. The number of halogens is 2. The van der Waals surface area contributed by atoms with Gasteiger partial charge >= 0.3 is 0 Å². The third-order valence-corrected chi connectivity index (χ3v) is 3.88. The Kier molecular flexibility index (Phi) is 6.13. The van der Waals surface area contributed by atoms with Gasteiger partial charge in [-0.15, -0.1) is 0 Å². The molecule has 0 spiro atoms. The summed E-state index contributed by atoms with van der Waals surface area (Å²) in [5, 5.41) is 5.14. The van der Waals surface area contributed by atoms with Crippen LogP contribution in [0.25, 0.3) is 0 Å². The third kappa shape index (κ3) is 4.92. The third-order valence-electron chi connectivity index (χ3n) is 3.88. The van der Waals surface area contributed by atoms with Crippen molar-refractivity contribution in [2.75, 3.05) is 17.2 Å². The lowest BCUT2D eigenvalue weighted by atomic mass is 10.1. The molecule has 0 bridgehead atoms. The van der Waals surface area contributed by atoms with Crippen molar-refractivity contribution in [1.82, 2.24) is 4.98 Å². The summed E-state index contributed by atoms with van der Waals surface area (Å²) < 4.78 is 31.8. The number of carbonyl (C=O) groups excluding carboxylic acids is 2. The average Bonchev–Trinajstić information content (AvgIpc) is 2.72. The minimum Gasteiger partial charge on any atom is -0.492 e. The minimum atomic E-state index is -1.08. The molecule has 3 aromatic rings. The summed E-state index contributed by atoms with van der Waals surface area (Å²) in [6, 6.07) is 11.3. The lowest BCUT2D eigenvalue weighted by Crippen LogP contribution is -2.16. The van der Waals surface area contributed by atoms with Gasteiger partial charge in [-0.25, -0.2) is 8.78 Å². The number of ether oxygens (including phenoxy) is 1. The molecule has 2 aromatic carbocycles. The fraction of sp³-hybridized carbons (Fsp3) is 0.0952. The highest BCUT2D eigenvalue weighted by Crippen LogP contribution is 2.24. The number of carbonyl (C=O) groups is 2. The van der Waals surface area contributed by atoms with Gasteiger partial charge in [0.2, 0.25) is 0 Å². The molecule has 2 N–H and O–H groups in total. The first kappa shape index (κ1) is 19.9. The molecule has 8 heteroatoms. The first-order valence-electron chi connectivity index (χ1n) is 8.72. The second kappa shape index (κ2) is 8.92. The highest BCUT2D eigenvalue weighted by molar-refractivity contribution is 6.08. The quantitative estimate of drug-likeness (QED) is 0.651. The van der Waals surface area contributed by atoms with Gasteiger partial charge in [0.15, 0.2) is 11.6 Å². The molecule has 0 saturated carbocycles. The Morgan fingerprint density at radius 2 is 1.62 bits per heavy atom. The molecule has 1 aromatic heterocycles. The molecule has 29 heavy (non-hydrogen) atoms. The van der Waals surface area contributed by atoms with Gasteiger partial charge in [0.05, 0.1) is 23.4 Å². The molecule has 0 saturated heterocycles.